The van der Waals surface area contributed by atoms with E-state index in [1.165, 1.54) is 24.3 Å². The Balaban J connectivity index is 1.57. The molecule has 2 atom stereocenters. The number of rotatable bonds is 5. The van der Waals surface area contributed by atoms with E-state index in [2.05, 4.69) is 10.6 Å². The third-order valence-electron chi connectivity index (χ3n) is 6.96. The van der Waals surface area contributed by atoms with Gasteiger partial charge in [0.05, 0.1) is 10.6 Å². The maximum absolute atomic E-state index is 14.3. The van der Waals surface area contributed by atoms with Gasteiger partial charge in [-0.25, -0.2) is 8.78 Å². The Hall–Kier alpha value is -4.66. The van der Waals surface area contributed by atoms with Crippen LogP contribution in [0, 0.1) is 21.7 Å². The molecule has 0 fully saturated rings. The standard InChI is InChI=1S/C29H23F2N3O4/c1-16-26(29(36)33-23-12-9-20(30)15-22(23)31)27(18-7-10-21(11-8-18)34(37)38)28-24(32-16)13-19(14-25(28)35)17-5-3-2-4-6-17/h2-12,15,19,27,32H,13-14H2,1H3,(H,33,36). The number of ketones is 1. The summed E-state index contributed by atoms with van der Waals surface area (Å²) in [6.07, 6.45) is 0.766. The first kappa shape index (κ1) is 25.0. The molecule has 0 saturated heterocycles. The Labute approximate surface area is 217 Å². The van der Waals surface area contributed by atoms with Gasteiger partial charge in [-0.3, -0.25) is 19.7 Å². The fourth-order valence-electron chi connectivity index (χ4n) is 5.20. The normalized spacial score (nSPS) is 19.1. The van der Waals surface area contributed by atoms with Gasteiger partial charge in [-0.15, -0.1) is 0 Å². The molecule has 0 bridgehead atoms. The zero-order valence-corrected chi connectivity index (χ0v) is 20.3. The number of nitrogens with one attached hydrogen (secondary N) is 2. The zero-order chi connectivity index (χ0) is 27.0. The van der Waals surface area contributed by atoms with Crippen LogP contribution < -0.4 is 10.6 Å². The summed E-state index contributed by atoms with van der Waals surface area (Å²) in [5.41, 5.74) is 2.93. The molecule has 1 heterocycles. The van der Waals surface area contributed by atoms with E-state index < -0.39 is 28.4 Å². The number of Topliss-reactive ketones (excluding diaryl/α,β-unsaturated/α-hetero) is 1. The number of nitro groups is 1. The van der Waals surface area contributed by atoms with Crippen molar-refractivity contribution in [2.75, 3.05) is 5.32 Å². The van der Waals surface area contributed by atoms with Crippen LogP contribution in [0.25, 0.3) is 0 Å². The van der Waals surface area contributed by atoms with Crippen LogP contribution in [-0.4, -0.2) is 16.6 Å². The van der Waals surface area contributed by atoms with Crippen molar-refractivity contribution in [3.05, 3.63) is 128 Å². The quantitative estimate of drug-likeness (QED) is 0.327. The fraction of sp³-hybridized carbons (Fsp3) is 0.172. The smallest absolute Gasteiger partial charge is 0.269 e. The van der Waals surface area contributed by atoms with Crippen molar-refractivity contribution < 1.29 is 23.3 Å². The fourth-order valence-corrected chi connectivity index (χ4v) is 5.20. The number of hydrogen-bond acceptors (Lipinski definition) is 5. The molecule has 38 heavy (non-hydrogen) atoms. The lowest BCUT2D eigenvalue weighted by Gasteiger charge is -2.37. The molecule has 9 heteroatoms. The number of amides is 1. The Morgan fingerprint density at radius 1 is 1.00 bits per heavy atom. The van der Waals surface area contributed by atoms with Gasteiger partial charge in [-0.2, -0.15) is 0 Å². The first-order valence-electron chi connectivity index (χ1n) is 12.0. The van der Waals surface area contributed by atoms with E-state index in [0.29, 0.717) is 35.0 Å². The Bertz CT molecular complexity index is 1510. The highest BCUT2D eigenvalue weighted by Crippen LogP contribution is 2.46. The molecule has 1 amide bonds. The first-order valence-corrected chi connectivity index (χ1v) is 12.0. The van der Waals surface area contributed by atoms with E-state index >= 15 is 0 Å². The van der Waals surface area contributed by atoms with Gasteiger partial charge in [0, 0.05) is 53.1 Å². The average molecular weight is 516 g/mol. The number of allylic oxidation sites excluding steroid dienone is 3. The summed E-state index contributed by atoms with van der Waals surface area (Å²) < 4.78 is 27.7. The summed E-state index contributed by atoms with van der Waals surface area (Å²) in [6.45, 7) is 1.69. The molecule has 0 aromatic heterocycles. The minimum absolute atomic E-state index is 0.0519. The van der Waals surface area contributed by atoms with Gasteiger partial charge in [0.15, 0.2) is 5.78 Å². The summed E-state index contributed by atoms with van der Waals surface area (Å²) in [7, 11) is 0. The summed E-state index contributed by atoms with van der Waals surface area (Å²) in [6, 6.07) is 18.2. The minimum atomic E-state index is -0.938. The maximum Gasteiger partial charge on any atom is 0.269 e. The highest BCUT2D eigenvalue weighted by Gasteiger charge is 2.41. The van der Waals surface area contributed by atoms with E-state index in [4.69, 9.17) is 0 Å². The topological polar surface area (TPSA) is 101 Å². The molecule has 0 spiro atoms. The van der Waals surface area contributed by atoms with E-state index in [1.807, 2.05) is 30.3 Å². The number of nitro benzene ring substituents is 1. The van der Waals surface area contributed by atoms with Crippen LogP contribution in [0.15, 0.2) is 95.3 Å². The molecule has 192 valence electrons. The lowest BCUT2D eigenvalue weighted by atomic mass is 9.71. The van der Waals surface area contributed by atoms with Crippen molar-refractivity contribution in [3.8, 4) is 0 Å². The van der Waals surface area contributed by atoms with Gasteiger partial charge in [0.1, 0.15) is 11.6 Å². The van der Waals surface area contributed by atoms with Crippen molar-refractivity contribution in [2.45, 2.75) is 31.6 Å². The molecule has 3 aromatic carbocycles. The number of nitrogens with zero attached hydrogens (tertiary/aromatic N) is 1. The Morgan fingerprint density at radius 3 is 2.37 bits per heavy atom. The molecule has 2 unspecified atom stereocenters. The van der Waals surface area contributed by atoms with Crippen LogP contribution >= 0.6 is 0 Å². The Kier molecular flexibility index (Phi) is 6.59. The number of dihydropyridines is 1. The van der Waals surface area contributed by atoms with Gasteiger partial charge >= 0.3 is 0 Å². The molecule has 0 radical (unpaired) electrons. The number of carbonyl (C=O) groups excluding carboxylic acids is 2. The van der Waals surface area contributed by atoms with E-state index in [9.17, 15) is 28.5 Å². The van der Waals surface area contributed by atoms with Gasteiger partial charge < -0.3 is 10.6 Å². The molecular formula is C29H23F2N3O4. The number of carbonyl (C=O) groups is 2. The highest BCUT2D eigenvalue weighted by atomic mass is 19.1. The largest absolute Gasteiger partial charge is 0.362 e. The molecule has 2 aliphatic rings. The summed E-state index contributed by atoms with van der Waals surface area (Å²) in [5, 5.41) is 16.9. The van der Waals surface area contributed by atoms with Crippen LogP contribution in [-0.2, 0) is 9.59 Å². The van der Waals surface area contributed by atoms with E-state index in [1.54, 1.807) is 6.92 Å². The molecule has 1 aliphatic carbocycles. The predicted molar refractivity (Wildman–Crippen MR) is 137 cm³/mol. The second-order valence-electron chi connectivity index (χ2n) is 9.35. The van der Waals surface area contributed by atoms with Gasteiger partial charge in [0.2, 0.25) is 0 Å². The maximum atomic E-state index is 14.3. The molecule has 3 aromatic rings. The van der Waals surface area contributed by atoms with Gasteiger partial charge in [-0.05, 0) is 42.5 Å². The number of halogens is 2. The molecule has 7 nitrogen and oxygen atoms in total. The van der Waals surface area contributed by atoms with Crippen molar-refractivity contribution in [1.82, 2.24) is 5.32 Å². The van der Waals surface area contributed by atoms with Crippen molar-refractivity contribution in [2.24, 2.45) is 0 Å². The van der Waals surface area contributed by atoms with Crippen LogP contribution in [0.4, 0.5) is 20.2 Å². The third-order valence-corrected chi connectivity index (χ3v) is 6.96. The van der Waals surface area contributed by atoms with Gasteiger partial charge in [0.25, 0.3) is 11.6 Å². The van der Waals surface area contributed by atoms with Crippen LogP contribution in [0.3, 0.4) is 0 Å². The van der Waals surface area contributed by atoms with Crippen molar-refractivity contribution in [1.29, 1.82) is 0 Å². The minimum Gasteiger partial charge on any atom is -0.362 e. The molecule has 0 saturated carbocycles. The summed E-state index contributed by atoms with van der Waals surface area (Å²) >= 11 is 0. The summed E-state index contributed by atoms with van der Waals surface area (Å²) in [4.78, 5) is 37.9. The molecule has 2 N–H and O–H groups in total. The lowest BCUT2D eigenvalue weighted by molar-refractivity contribution is -0.384. The molecule has 1 aliphatic heterocycles. The highest BCUT2D eigenvalue weighted by molar-refractivity contribution is 6.10. The predicted octanol–water partition coefficient (Wildman–Crippen LogP) is 5.87. The third kappa shape index (κ3) is 4.70. The average Bonchev–Trinajstić information content (AvgIpc) is 2.90. The molecule has 5 rings (SSSR count). The molecular weight excluding hydrogens is 492 g/mol. The number of non-ortho nitro benzene ring substituents is 1. The van der Waals surface area contributed by atoms with Crippen molar-refractivity contribution >= 4 is 23.1 Å². The SMILES string of the molecule is CC1=C(C(=O)Nc2ccc(F)cc2F)C(c2ccc([N+](=O)[O-])cc2)C2=C(CC(c3ccccc3)CC2=O)N1. The number of hydrogen-bond donors (Lipinski definition) is 2. The van der Waals surface area contributed by atoms with Crippen LogP contribution in [0.1, 0.15) is 42.7 Å². The van der Waals surface area contributed by atoms with E-state index in [-0.39, 0.29) is 35.1 Å². The van der Waals surface area contributed by atoms with Crippen molar-refractivity contribution in [3.63, 3.8) is 0 Å². The van der Waals surface area contributed by atoms with E-state index in [0.717, 1.165) is 17.7 Å². The van der Waals surface area contributed by atoms with Crippen LogP contribution in [0.5, 0.6) is 0 Å². The lowest BCUT2D eigenvalue weighted by Crippen LogP contribution is -2.37. The Morgan fingerprint density at radius 2 is 1.71 bits per heavy atom. The number of benzene rings is 3. The summed E-state index contributed by atoms with van der Waals surface area (Å²) in [5.74, 6) is -3.43. The zero-order valence-electron chi connectivity index (χ0n) is 20.3. The van der Waals surface area contributed by atoms with Crippen LogP contribution in [0.2, 0.25) is 0 Å². The monoisotopic (exact) mass is 515 g/mol. The van der Waals surface area contributed by atoms with Gasteiger partial charge in [-0.1, -0.05) is 42.5 Å². The number of anilines is 1. The first-order chi connectivity index (χ1) is 18.2. The second kappa shape index (κ2) is 10.0. The second-order valence-corrected chi connectivity index (χ2v) is 9.35.